The maximum absolute atomic E-state index is 12.7. The van der Waals surface area contributed by atoms with Crippen LogP contribution in [-0.2, 0) is 9.59 Å². The predicted octanol–water partition coefficient (Wildman–Crippen LogP) is 5.20. The second-order valence-electron chi connectivity index (χ2n) is 6.91. The summed E-state index contributed by atoms with van der Waals surface area (Å²) in [4.78, 5) is 36.7. The van der Waals surface area contributed by atoms with Gasteiger partial charge in [-0.1, -0.05) is 59.8 Å². The summed E-state index contributed by atoms with van der Waals surface area (Å²) < 4.78 is 0. The van der Waals surface area contributed by atoms with E-state index in [2.05, 4.69) is 10.3 Å². The van der Waals surface area contributed by atoms with Gasteiger partial charge >= 0.3 is 0 Å². The number of para-hydroxylation sites is 2. The van der Waals surface area contributed by atoms with Crippen molar-refractivity contribution in [2.75, 3.05) is 24.7 Å². The molecule has 0 spiro atoms. The van der Waals surface area contributed by atoms with Gasteiger partial charge in [-0.25, -0.2) is 9.97 Å². The van der Waals surface area contributed by atoms with Gasteiger partial charge in [-0.2, -0.15) is 0 Å². The van der Waals surface area contributed by atoms with Crippen LogP contribution in [0.2, 0.25) is 5.02 Å². The van der Waals surface area contributed by atoms with E-state index in [1.165, 1.54) is 16.7 Å². The number of rotatable bonds is 7. The van der Waals surface area contributed by atoms with Crippen LogP contribution in [0.3, 0.4) is 0 Å². The number of halogens is 1. The third-order valence-corrected chi connectivity index (χ3v) is 6.77. The fourth-order valence-corrected chi connectivity index (χ4v) is 4.77. The molecule has 0 aliphatic rings. The lowest BCUT2D eigenvalue weighted by atomic mass is 10.2. The van der Waals surface area contributed by atoms with E-state index in [4.69, 9.17) is 16.6 Å². The molecular weight excluding hydrogens is 464 g/mol. The second-order valence-corrected chi connectivity index (χ2v) is 9.23. The van der Waals surface area contributed by atoms with Crippen LogP contribution in [0.5, 0.6) is 0 Å². The minimum absolute atomic E-state index is 0.0738. The zero-order valence-corrected chi connectivity index (χ0v) is 19.5. The summed E-state index contributed by atoms with van der Waals surface area (Å²) in [6.45, 7) is -0.0738. The van der Waals surface area contributed by atoms with E-state index in [1.807, 2.05) is 41.8 Å². The Morgan fingerprint density at radius 1 is 1.06 bits per heavy atom. The third-order valence-electron chi connectivity index (χ3n) is 4.60. The van der Waals surface area contributed by atoms with Crippen LogP contribution in [-0.4, -0.2) is 46.0 Å². The first-order valence-corrected chi connectivity index (χ1v) is 12.0. The highest BCUT2D eigenvalue weighted by molar-refractivity contribution is 8.00. The Morgan fingerprint density at radius 3 is 2.62 bits per heavy atom. The highest BCUT2D eigenvalue weighted by Gasteiger charge is 2.17. The Hall–Kier alpha value is -2.94. The van der Waals surface area contributed by atoms with Crippen molar-refractivity contribution < 1.29 is 9.59 Å². The van der Waals surface area contributed by atoms with Crippen LogP contribution in [0.25, 0.3) is 21.6 Å². The van der Waals surface area contributed by atoms with E-state index >= 15 is 0 Å². The molecule has 0 atom stereocenters. The maximum atomic E-state index is 12.7. The molecule has 2 heterocycles. The van der Waals surface area contributed by atoms with Crippen molar-refractivity contribution in [3.05, 3.63) is 71.1 Å². The molecule has 162 valence electrons. The van der Waals surface area contributed by atoms with E-state index < -0.39 is 0 Å². The minimum Gasteiger partial charge on any atom is -0.336 e. The normalized spacial score (nSPS) is 10.8. The molecule has 0 saturated heterocycles. The molecule has 0 bridgehead atoms. The van der Waals surface area contributed by atoms with Gasteiger partial charge < -0.3 is 10.2 Å². The summed E-state index contributed by atoms with van der Waals surface area (Å²) in [5, 5.41) is 6.78. The molecule has 2 aromatic carbocycles. The highest BCUT2D eigenvalue weighted by Crippen LogP contribution is 2.30. The summed E-state index contributed by atoms with van der Waals surface area (Å²) in [7, 11) is 1.60. The van der Waals surface area contributed by atoms with Crippen molar-refractivity contribution in [1.82, 2.24) is 14.9 Å². The first-order chi connectivity index (χ1) is 15.5. The molecule has 0 aliphatic carbocycles. The molecule has 32 heavy (non-hydrogen) atoms. The topological polar surface area (TPSA) is 75.2 Å². The van der Waals surface area contributed by atoms with Crippen LogP contribution < -0.4 is 5.32 Å². The monoisotopic (exact) mass is 482 g/mol. The summed E-state index contributed by atoms with van der Waals surface area (Å²) in [5.41, 5.74) is 1.34. The van der Waals surface area contributed by atoms with Gasteiger partial charge in [-0.3, -0.25) is 9.59 Å². The molecule has 0 unspecified atom stereocenters. The summed E-state index contributed by atoms with van der Waals surface area (Å²) >= 11 is 8.98. The van der Waals surface area contributed by atoms with Crippen molar-refractivity contribution in [2.45, 2.75) is 5.03 Å². The Balaban J connectivity index is 1.43. The first-order valence-electron chi connectivity index (χ1n) is 9.73. The zero-order chi connectivity index (χ0) is 22.5. The Morgan fingerprint density at radius 2 is 1.84 bits per heavy atom. The molecule has 2 amide bonds. The number of amides is 2. The van der Waals surface area contributed by atoms with Crippen LogP contribution in [0, 0.1) is 0 Å². The molecule has 4 aromatic rings. The van der Waals surface area contributed by atoms with Gasteiger partial charge in [0.1, 0.15) is 5.03 Å². The number of carbonyl (C=O) groups is 2. The number of aromatic nitrogens is 2. The Kier molecular flexibility index (Phi) is 7.04. The minimum atomic E-state index is -0.314. The Labute approximate surface area is 198 Å². The van der Waals surface area contributed by atoms with Crippen molar-refractivity contribution in [1.29, 1.82) is 0 Å². The standard InChI is InChI=1S/C23H19ClN4O2S2/c1-28(13-20(29)25-18-10-5-3-8-16(18)24)21(30)14-32-23-15-7-2-4-9-17(15)26-22(27-23)19-11-6-12-31-19/h2-12H,13-14H2,1H3,(H,25,29). The smallest absolute Gasteiger partial charge is 0.244 e. The summed E-state index contributed by atoms with van der Waals surface area (Å²) in [5.74, 6) is 0.304. The number of anilines is 1. The summed E-state index contributed by atoms with van der Waals surface area (Å²) in [6.07, 6.45) is 0. The lowest BCUT2D eigenvalue weighted by Crippen LogP contribution is -2.36. The fourth-order valence-electron chi connectivity index (χ4n) is 2.97. The molecule has 2 aromatic heterocycles. The van der Waals surface area contributed by atoms with Crippen molar-refractivity contribution in [2.24, 2.45) is 0 Å². The van der Waals surface area contributed by atoms with Crippen LogP contribution in [0.4, 0.5) is 5.69 Å². The molecule has 6 nitrogen and oxygen atoms in total. The number of thiophene rings is 1. The van der Waals surface area contributed by atoms with Crippen LogP contribution in [0.15, 0.2) is 71.1 Å². The molecule has 4 rings (SSSR count). The fraction of sp³-hybridized carbons (Fsp3) is 0.130. The lowest BCUT2D eigenvalue weighted by molar-refractivity contribution is -0.131. The van der Waals surface area contributed by atoms with Gasteiger partial charge in [-0.05, 0) is 29.6 Å². The Bertz CT molecular complexity index is 1260. The molecule has 9 heteroatoms. The van der Waals surface area contributed by atoms with E-state index in [9.17, 15) is 9.59 Å². The van der Waals surface area contributed by atoms with Gasteiger partial charge in [0.05, 0.1) is 33.4 Å². The lowest BCUT2D eigenvalue weighted by Gasteiger charge is -2.17. The van der Waals surface area contributed by atoms with Gasteiger partial charge in [0.2, 0.25) is 11.8 Å². The SMILES string of the molecule is CN(CC(=O)Nc1ccccc1Cl)C(=O)CSc1nc(-c2cccs2)nc2ccccc12. The first kappa shape index (κ1) is 22.3. The predicted molar refractivity (Wildman–Crippen MR) is 131 cm³/mol. The second kappa shape index (κ2) is 10.1. The number of nitrogens with zero attached hydrogens (tertiary/aromatic N) is 3. The van der Waals surface area contributed by atoms with E-state index in [-0.39, 0.29) is 24.1 Å². The van der Waals surface area contributed by atoms with Crippen molar-refractivity contribution >= 4 is 63.1 Å². The zero-order valence-electron chi connectivity index (χ0n) is 17.1. The van der Waals surface area contributed by atoms with Gasteiger partial charge in [0, 0.05) is 12.4 Å². The van der Waals surface area contributed by atoms with Gasteiger partial charge in [-0.15, -0.1) is 11.3 Å². The number of likely N-dealkylation sites (N-methyl/N-ethyl adjacent to an activating group) is 1. The number of benzene rings is 2. The van der Waals surface area contributed by atoms with Gasteiger partial charge in [0.25, 0.3) is 0 Å². The number of nitrogens with one attached hydrogen (secondary N) is 1. The van der Waals surface area contributed by atoms with Crippen LogP contribution >= 0.6 is 34.7 Å². The number of hydrogen-bond donors (Lipinski definition) is 1. The van der Waals surface area contributed by atoms with Crippen molar-refractivity contribution in [3.63, 3.8) is 0 Å². The number of thioether (sulfide) groups is 1. The quantitative estimate of drug-likeness (QED) is 0.289. The molecular formula is C23H19ClN4O2S2. The number of carbonyl (C=O) groups excluding carboxylic acids is 2. The maximum Gasteiger partial charge on any atom is 0.244 e. The van der Waals surface area contributed by atoms with E-state index in [0.29, 0.717) is 16.5 Å². The number of hydrogen-bond acceptors (Lipinski definition) is 6. The van der Waals surface area contributed by atoms with Gasteiger partial charge in [0.15, 0.2) is 5.82 Å². The van der Waals surface area contributed by atoms with E-state index in [0.717, 1.165) is 20.8 Å². The average Bonchev–Trinajstić information content (AvgIpc) is 3.33. The molecule has 0 saturated carbocycles. The van der Waals surface area contributed by atoms with Crippen molar-refractivity contribution in [3.8, 4) is 10.7 Å². The number of fused-ring (bicyclic) bond motifs is 1. The summed E-state index contributed by atoms with van der Waals surface area (Å²) in [6, 6.07) is 18.6. The molecule has 0 fully saturated rings. The molecule has 0 radical (unpaired) electrons. The third kappa shape index (κ3) is 5.27. The molecule has 1 N–H and O–H groups in total. The molecule has 0 aliphatic heterocycles. The largest absolute Gasteiger partial charge is 0.336 e. The average molecular weight is 483 g/mol. The van der Waals surface area contributed by atoms with Crippen LogP contribution in [0.1, 0.15) is 0 Å². The highest BCUT2D eigenvalue weighted by atomic mass is 35.5. The van der Waals surface area contributed by atoms with E-state index in [1.54, 1.807) is 42.6 Å².